The lowest BCUT2D eigenvalue weighted by Gasteiger charge is -2.18. The first kappa shape index (κ1) is 16.2. The van der Waals surface area contributed by atoms with E-state index in [1.165, 1.54) is 65.0 Å². The third-order valence-corrected chi connectivity index (χ3v) is 6.80. The van der Waals surface area contributed by atoms with E-state index in [1.807, 2.05) is 0 Å². The Bertz CT molecular complexity index is 1680. The average Bonchev–Trinajstić information content (AvgIpc) is 2.80. The van der Waals surface area contributed by atoms with Gasteiger partial charge in [-0.15, -0.1) is 0 Å². The molecule has 0 aliphatic heterocycles. The highest BCUT2D eigenvalue weighted by molar-refractivity contribution is 6.17. The molecule has 0 N–H and O–H groups in total. The number of hydrogen-bond donors (Lipinski definition) is 0. The molecule has 0 heterocycles. The highest BCUT2D eigenvalue weighted by Crippen LogP contribution is 2.39. The molecule has 0 unspecified atom stereocenters. The molecule has 30 heavy (non-hydrogen) atoms. The molecule has 7 rings (SSSR count). The van der Waals surface area contributed by atoms with Crippen LogP contribution < -0.4 is 0 Å². The van der Waals surface area contributed by atoms with Gasteiger partial charge in [-0.05, 0) is 114 Å². The summed E-state index contributed by atoms with van der Waals surface area (Å²) < 4.78 is 0. The Balaban J connectivity index is 1.65. The fourth-order valence-electron chi connectivity index (χ4n) is 5.37. The van der Waals surface area contributed by atoms with Gasteiger partial charge < -0.3 is 0 Å². The predicted octanol–water partition coefficient (Wildman–Crippen LogP) is 8.41. The van der Waals surface area contributed by atoms with Gasteiger partial charge in [-0.1, -0.05) is 60.7 Å². The van der Waals surface area contributed by atoms with Crippen molar-refractivity contribution in [3.05, 3.63) is 102 Å². The minimum atomic E-state index is 1.12. The van der Waals surface area contributed by atoms with Crippen molar-refractivity contribution in [3.63, 3.8) is 0 Å². The summed E-state index contributed by atoms with van der Waals surface area (Å²) in [6.07, 6.45) is 6.90. The van der Waals surface area contributed by atoms with E-state index in [0.29, 0.717) is 0 Å². The Labute approximate surface area is 175 Å². The minimum Gasteiger partial charge on any atom is -0.0836 e. The maximum Gasteiger partial charge on any atom is -0.00958 e. The van der Waals surface area contributed by atoms with E-state index in [2.05, 4.69) is 97.1 Å². The summed E-state index contributed by atoms with van der Waals surface area (Å²) >= 11 is 0. The van der Waals surface area contributed by atoms with Crippen LogP contribution in [0.4, 0.5) is 0 Å². The standard InChI is InChI=1S/C30H20/c1-2-8-20-14-22-16-24-18-30-28-12-6-4-10-26(28)25-9-3-5-11-27(25)29(30)17-23(24)15-21(22)13-19(20)7-1/h1-5,7-11,13-18H,6,12H2. The SMILES string of the molecule is C1=Cc2c(c3cc4cc5cc6ccccc6cc5cc4cc3c3ccccc23)CC1. The van der Waals surface area contributed by atoms with Crippen molar-refractivity contribution in [1.29, 1.82) is 0 Å². The summed E-state index contributed by atoms with van der Waals surface area (Å²) in [5.74, 6) is 0. The largest absolute Gasteiger partial charge is 0.0836 e. The van der Waals surface area contributed by atoms with Crippen molar-refractivity contribution in [3.8, 4) is 0 Å². The van der Waals surface area contributed by atoms with E-state index < -0.39 is 0 Å². The van der Waals surface area contributed by atoms with Gasteiger partial charge >= 0.3 is 0 Å². The van der Waals surface area contributed by atoms with Crippen LogP contribution in [0.3, 0.4) is 0 Å². The molecule has 0 spiro atoms. The lowest BCUT2D eigenvalue weighted by molar-refractivity contribution is 1.00. The molecule has 0 atom stereocenters. The molecule has 1 aliphatic rings. The maximum absolute atomic E-state index is 2.43. The Morgan fingerprint density at radius 1 is 0.467 bits per heavy atom. The zero-order valence-corrected chi connectivity index (χ0v) is 16.7. The molecule has 0 amide bonds. The highest BCUT2D eigenvalue weighted by Gasteiger charge is 2.15. The molecular weight excluding hydrogens is 360 g/mol. The van der Waals surface area contributed by atoms with Gasteiger partial charge in [0.25, 0.3) is 0 Å². The molecule has 6 aromatic carbocycles. The fourth-order valence-corrected chi connectivity index (χ4v) is 5.37. The Morgan fingerprint density at radius 3 is 1.77 bits per heavy atom. The first-order valence-corrected chi connectivity index (χ1v) is 10.8. The minimum absolute atomic E-state index is 1.12. The molecule has 6 aromatic rings. The first-order valence-electron chi connectivity index (χ1n) is 10.8. The Morgan fingerprint density at radius 2 is 1.03 bits per heavy atom. The van der Waals surface area contributed by atoms with Crippen LogP contribution >= 0.6 is 0 Å². The maximum atomic E-state index is 2.43. The number of fused-ring (bicyclic) bond motifs is 9. The number of allylic oxidation sites excluding steroid dienone is 1. The second-order valence-corrected chi connectivity index (χ2v) is 8.52. The zero-order valence-electron chi connectivity index (χ0n) is 16.7. The van der Waals surface area contributed by atoms with Crippen LogP contribution in [-0.4, -0.2) is 0 Å². The fraction of sp³-hybridized carbons (Fsp3) is 0.0667. The highest BCUT2D eigenvalue weighted by atomic mass is 14.2. The van der Waals surface area contributed by atoms with Crippen LogP contribution in [-0.2, 0) is 6.42 Å². The van der Waals surface area contributed by atoms with E-state index >= 15 is 0 Å². The third-order valence-electron chi connectivity index (χ3n) is 6.80. The summed E-state index contributed by atoms with van der Waals surface area (Å²) in [6, 6.07) is 31.8. The van der Waals surface area contributed by atoms with Gasteiger partial charge in [-0.3, -0.25) is 0 Å². The van der Waals surface area contributed by atoms with Crippen LogP contribution in [0.2, 0.25) is 0 Å². The van der Waals surface area contributed by atoms with Gasteiger partial charge in [0.15, 0.2) is 0 Å². The van der Waals surface area contributed by atoms with Gasteiger partial charge in [-0.25, -0.2) is 0 Å². The second kappa shape index (κ2) is 5.93. The molecular formula is C30H20. The van der Waals surface area contributed by atoms with Crippen LogP contribution in [0.5, 0.6) is 0 Å². The number of rotatable bonds is 0. The number of benzene rings is 6. The van der Waals surface area contributed by atoms with Crippen molar-refractivity contribution in [2.75, 3.05) is 0 Å². The summed E-state index contributed by atoms with van der Waals surface area (Å²) in [7, 11) is 0. The first-order chi connectivity index (χ1) is 14.8. The second-order valence-electron chi connectivity index (χ2n) is 8.52. The van der Waals surface area contributed by atoms with E-state index in [0.717, 1.165) is 12.8 Å². The van der Waals surface area contributed by atoms with Crippen molar-refractivity contribution in [1.82, 2.24) is 0 Å². The van der Waals surface area contributed by atoms with E-state index in [-0.39, 0.29) is 0 Å². The quantitative estimate of drug-likeness (QED) is 0.183. The summed E-state index contributed by atoms with van der Waals surface area (Å²) in [5.41, 5.74) is 2.92. The monoisotopic (exact) mass is 380 g/mol. The normalized spacial score (nSPS) is 13.6. The topological polar surface area (TPSA) is 0 Å². The molecule has 0 heteroatoms. The smallest absolute Gasteiger partial charge is 0.00958 e. The molecule has 0 fully saturated rings. The lowest BCUT2D eigenvalue weighted by atomic mass is 9.85. The van der Waals surface area contributed by atoms with Crippen LogP contribution in [0.25, 0.3) is 59.9 Å². The number of aryl methyl sites for hydroxylation is 1. The van der Waals surface area contributed by atoms with Crippen LogP contribution in [0.15, 0.2) is 91.0 Å². The third kappa shape index (κ3) is 2.22. The summed E-state index contributed by atoms with van der Waals surface area (Å²) in [6.45, 7) is 0. The molecule has 0 aromatic heterocycles. The van der Waals surface area contributed by atoms with Gasteiger partial charge in [0.05, 0.1) is 0 Å². The predicted molar refractivity (Wildman–Crippen MR) is 131 cm³/mol. The van der Waals surface area contributed by atoms with Crippen molar-refractivity contribution >= 4 is 59.9 Å². The van der Waals surface area contributed by atoms with E-state index in [9.17, 15) is 0 Å². The van der Waals surface area contributed by atoms with Crippen LogP contribution in [0.1, 0.15) is 17.5 Å². The van der Waals surface area contributed by atoms with Crippen molar-refractivity contribution < 1.29 is 0 Å². The van der Waals surface area contributed by atoms with Gasteiger partial charge in [0.2, 0.25) is 0 Å². The van der Waals surface area contributed by atoms with Crippen molar-refractivity contribution in [2.24, 2.45) is 0 Å². The molecule has 0 bridgehead atoms. The van der Waals surface area contributed by atoms with Gasteiger partial charge in [0, 0.05) is 0 Å². The molecule has 0 radical (unpaired) electrons. The van der Waals surface area contributed by atoms with Crippen molar-refractivity contribution in [2.45, 2.75) is 12.8 Å². The lowest BCUT2D eigenvalue weighted by Crippen LogP contribution is -1.97. The summed E-state index contributed by atoms with van der Waals surface area (Å²) in [4.78, 5) is 0. The molecule has 0 nitrogen and oxygen atoms in total. The molecule has 1 aliphatic carbocycles. The van der Waals surface area contributed by atoms with E-state index in [4.69, 9.17) is 0 Å². The Hall–Kier alpha value is -3.64. The zero-order chi connectivity index (χ0) is 19.7. The number of hydrogen-bond acceptors (Lipinski definition) is 0. The van der Waals surface area contributed by atoms with Crippen LogP contribution in [0, 0.1) is 0 Å². The van der Waals surface area contributed by atoms with Gasteiger partial charge in [0.1, 0.15) is 0 Å². The Kier molecular flexibility index (Phi) is 3.20. The molecule has 0 saturated carbocycles. The summed E-state index contributed by atoms with van der Waals surface area (Å²) in [5, 5.41) is 13.4. The molecule has 0 saturated heterocycles. The van der Waals surface area contributed by atoms with Gasteiger partial charge in [-0.2, -0.15) is 0 Å². The van der Waals surface area contributed by atoms with E-state index in [1.54, 1.807) is 0 Å². The average molecular weight is 380 g/mol. The molecule has 140 valence electrons.